The molecule has 0 saturated heterocycles. The Hall–Kier alpha value is -0.870. The van der Waals surface area contributed by atoms with Gasteiger partial charge in [-0.3, -0.25) is 9.59 Å². The van der Waals surface area contributed by atoms with Crippen molar-refractivity contribution < 1.29 is 9.59 Å². The molecule has 0 atom stereocenters. The van der Waals surface area contributed by atoms with Crippen LogP contribution in [0, 0.1) is 0 Å². The Balaban J connectivity index is 2.29. The lowest BCUT2D eigenvalue weighted by molar-refractivity contribution is -0.136. The largest absolute Gasteiger partial charge is 0.349 e. The Labute approximate surface area is 91.1 Å². The van der Waals surface area contributed by atoms with Crippen LogP contribution in [0.1, 0.15) is 11.8 Å². The molecule has 0 bridgehead atoms. The van der Waals surface area contributed by atoms with Crippen LogP contribution in [-0.4, -0.2) is 18.2 Å². The summed E-state index contributed by atoms with van der Waals surface area (Å²) >= 11 is 7.21. The van der Waals surface area contributed by atoms with Crippen molar-refractivity contribution in [3.63, 3.8) is 0 Å². The molecule has 3 nitrogen and oxygen atoms in total. The van der Waals surface area contributed by atoms with E-state index in [2.05, 4.69) is 5.32 Å². The Morgan fingerprint density at radius 3 is 2.71 bits per heavy atom. The summed E-state index contributed by atoms with van der Waals surface area (Å²) in [6.45, 7) is 1.71. The lowest BCUT2D eigenvalue weighted by Gasteiger charge is -1.99. The first kappa shape index (κ1) is 11.2. The van der Waals surface area contributed by atoms with Gasteiger partial charge < -0.3 is 5.32 Å². The van der Waals surface area contributed by atoms with E-state index in [1.807, 2.05) is 12.1 Å². The first-order chi connectivity index (χ1) is 6.59. The van der Waals surface area contributed by atoms with E-state index in [0.717, 1.165) is 9.21 Å². The Morgan fingerprint density at radius 1 is 1.50 bits per heavy atom. The van der Waals surface area contributed by atoms with Crippen LogP contribution >= 0.6 is 22.9 Å². The van der Waals surface area contributed by atoms with Crippen LogP contribution in [0.25, 0.3) is 0 Å². The van der Waals surface area contributed by atoms with Crippen molar-refractivity contribution in [3.8, 4) is 0 Å². The maximum atomic E-state index is 10.9. The highest BCUT2D eigenvalue weighted by Crippen LogP contribution is 2.21. The first-order valence-electron chi connectivity index (χ1n) is 4.12. The average Bonchev–Trinajstić information content (AvgIpc) is 2.51. The van der Waals surface area contributed by atoms with Crippen LogP contribution in [0.5, 0.6) is 0 Å². The second-order valence-electron chi connectivity index (χ2n) is 2.77. The van der Waals surface area contributed by atoms with Gasteiger partial charge in [-0.15, -0.1) is 11.3 Å². The van der Waals surface area contributed by atoms with Crippen molar-refractivity contribution in [2.75, 3.05) is 6.54 Å². The molecule has 0 fully saturated rings. The maximum absolute atomic E-state index is 10.9. The average molecular weight is 232 g/mol. The molecule has 0 radical (unpaired) electrons. The second kappa shape index (κ2) is 5.12. The smallest absolute Gasteiger partial charge is 0.287 e. The third kappa shape index (κ3) is 3.47. The number of hydrogen-bond donors (Lipinski definition) is 1. The minimum Gasteiger partial charge on any atom is -0.349 e. The number of carbonyl (C=O) groups is 2. The second-order valence-corrected chi connectivity index (χ2v) is 4.57. The number of thiophene rings is 1. The normalized spacial score (nSPS) is 9.86. The molecule has 1 amide bonds. The van der Waals surface area contributed by atoms with E-state index in [9.17, 15) is 9.59 Å². The van der Waals surface area contributed by atoms with Crippen molar-refractivity contribution in [3.05, 3.63) is 21.3 Å². The number of rotatable bonds is 4. The molecule has 0 spiro atoms. The van der Waals surface area contributed by atoms with Crippen LogP contribution in [0.4, 0.5) is 0 Å². The number of nitrogens with one attached hydrogen (secondary N) is 1. The molecule has 1 aromatic heterocycles. The Morgan fingerprint density at radius 2 is 2.21 bits per heavy atom. The first-order valence-corrected chi connectivity index (χ1v) is 5.32. The van der Waals surface area contributed by atoms with Gasteiger partial charge in [-0.25, -0.2) is 0 Å². The molecule has 1 heterocycles. The summed E-state index contributed by atoms with van der Waals surface area (Å²) < 4.78 is 0.734. The van der Waals surface area contributed by atoms with E-state index in [0.29, 0.717) is 13.0 Å². The fourth-order valence-electron chi connectivity index (χ4n) is 0.910. The Kier molecular flexibility index (Phi) is 4.10. The van der Waals surface area contributed by atoms with Gasteiger partial charge in [0, 0.05) is 18.3 Å². The molecule has 1 aromatic rings. The third-order valence-corrected chi connectivity index (χ3v) is 2.90. The monoisotopic (exact) mass is 231 g/mol. The van der Waals surface area contributed by atoms with Gasteiger partial charge in [0.05, 0.1) is 4.34 Å². The highest BCUT2D eigenvalue weighted by molar-refractivity contribution is 7.16. The minimum atomic E-state index is -0.535. The quantitative estimate of drug-likeness (QED) is 0.801. The van der Waals surface area contributed by atoms with E-state index in [1.54, 1.807) is 0 Å². The van der Waals surface area contributed by atoms with E-state index >= 15 is 0 Å². The predicted molar refractivity (Wildman–Crippen MR) is 56.7 cm³/mol. The number of Topliss-reactive ketones (excluding diaryl/α,β-unsaturated/α-hetero) is 1. The Bertz CT molecular complexity index is 348. The van der Waals surface area contributed by atoms with Crippen LogP contribution in [0.2, 0.25) is 4.34 Å². The number of ketones is 1. The summed E-state index contributed by atoms with van der Waals surface area (Å²) in [7, 11) is 0. The molecule has 0 aliphatic rings. The van der Waals surface area contributed by atoms with Crippen molar-refractivity contribution in [1.82, 2.24) is 5.32 Å². The number of halogens is 1. The SMILES string of the molecule is CC(=O)C(=O)NCCc1ccc(Cl)s1. The zero-order valence-electron chi connectivity index (χ0n) is 7.67. The third-order valence-electron chi connectivity index (χ3n) is 1.61. The number of carbonyl (C=O) groups excluding carboxylic acids is 2. The van der Waals surface area contributed by atoms with Crippen molar-refractivity contribution in [1.29, 1.82) is 0 Å². The maximum Gasteiger partial charge on any atom is 0.287 e. The molecule has 1 N–H and O–H groups in total. The molecule has 5 heteroatoms. The van der Waals surface area contributed by atoms with Crippen molar-refractivity contribution >= 4 is 34.6 Å². The number of amides is 1. The molecule has 14 heavy (non-hydrogen) atoms. The molecule has 0 aliphatic carbocycles. The van der Waals surface area contributed by atoms with E-state index in [4.69, 9.17) is 11.6 Å². The van der Waals surface area contributed by atoms with Gasteiger partial charge in [-0.05, 0) is 18.6 Å². The summed E-state index contributed by atoms with van der Waals surface area (Å²) in [4.78, 5) is 22.5. The zero-order valence-corrected chi connectivity index (χ0v) is 9.24. The van der Waals surface area contributed by atoms with Gasteiger partial charge in [0.15, 0.2) is 0 Å². The molecular formula is C9H10ClNO2S. The van der Waals surface area contributed by atoms with Crippen LogP contribution in [0.3, 0.4) is 0 Å². The van der Waals surface area contributed by atoms with Crippen LogP contribution < -0.4 is 5.32 Å². The molecule has 0 saturated carbocycles. The van der Waals surface area contributed by atoms with Crippen LogP contribution in [0.15, 0.2) is 12.1 Å². The summed E-state index contributed by atoms with van der Waals surface area (Å²) in [6.07, 6.45) is 0.705. The summed E-state index contributed by atoms with van der Waals surface area (Å²) in [5.41, 5.74) is 0. The highest BCUT2D eigenvalue weighted by atomic mass is 35.5. The summed E-state index contributed by atoms with van der Waals surface area (Å²) in [6, 6.07) is 3.72. The highest BCUT2D eigenvalue weighted by Gasteiger charge is 2.05. The van der Waals surface area contributed by atoms with Gasteiger partial charge in [0.1, 0.15) is 0 Å². The summed E-state index contributed by atoms with van der Waals surface area (Å²) in [5.74, 6) is -0.998. The van der Waals surface area contributed by atoms with Crippen molar-refractivity contribution in [2.45, 2.75) is 13.3 Å². The molecule has 0 aromatic carbocycles. The number of hydrogen-bond acceptors (Lipinski definition) is 3. The van der Waals surface area contributed by atoms with Crippen LogP contribution in [-0.2, 0) is 16.0 Å². The van der Waals surface area contributed by atoms with Gasteiger partial charge in [0.25, 0.3) is 5.91 Å². The fraction of sp³-hybridized carbons (Fsp3) is 0.333. The molecule has 0 aliphatic heterocycles. The molecule has 1 rings (SSSR count). The predicted octanol–water partition coefficient (Wildman–Crippen LogP) is 1.65. The van der Waals surface area contributed by atoms with Gasteiger partial charge in [-0.1, -0.05) is 11.6 Å². The lowest BCUT2D eigenvalue weighted by Crippen LogP contribution is -2.30. The van der Waals surface area contributed by atoms with Gasteiger partial charge >= 0.3 is 0 Å². The van der Waals surface area contributed by atoms with E-state index in [-0.39, 0.29) is 0 Å². The zero-order chi connectivity index (χ0) is 10.6. The lowest BCUT2D eigenvalue weighted by atomic mass is 10.3. The van der Waals surface area contributed by atoms with E-state index < -0.39 is 11.7 Å². The molecule has 0 unspecified atom stereocenters. The minimum absolute atomic E-state index is 0.464. The standard InChI is InChI=1S/C9H10ClNO2S/c1-6(12)9(13)11-5-4-7-2-3-8(10)14-7/h2-3H,4-5H2,1H3,(H,11,13). The molecule has 76 valence electrons. The summed E-state index contributed by atoms with van der Waals surface area (Å²) in [5, 5.41) is 2.51. The fourth-order valence-corrected chi connectivity index (χ4v) is 2.00. The van der Waals surface area contributed by atoms with E-state index in [1.165, 1.54) is 18.3 Å². The molecular weight excluding hydrogens is 222 g/mol. The topological polar surface area (TPSA) is 46.2 Å². The van der Waals surface area contributed by atoms with Gasteiger partial charge in [0.2, 0.25) is 5.78 Å². The van der Waals surface area contributed by atoms with Gasteiger partial charge in [-0.2, -0.15) is 0 Å². The van der Waals surface area contributed by atoms with Crippen molar-refractivity contribution in [2.24, 2.45) is 0 Å².